The molecule has 0 spiro atoms. The van der Waals surface area contributed by atoms with Crippen LogP contribution in [0.15, 0.2) is 0 Å². The van der Waals surface area contributed by atoms with Crippen molar-refractivity contribution in [1.82, 2.24) is 0 Å². The first-order chi connectivity index (χ1) is 14.4. The third kappa shape index (κ3) is 0.916. The predicted molar refractivity (Wildman–Crippen MR) is 142 cm³/mol. The van der Waals surface area contributed by atoms with Crippen LogP contribution in [-0.4, -0.2) is 5.25 Å². The maximum atomic E-state index is 5.81. The second kappa shape index (κ2) is 4.07. The maximum absolute atomic E-state index is 5.81. The van der Waals surface area contributed by atoms with E-state index in [0.717, 1.165) is 0 Å². The van der Waals surface area contributed by atoms with E-state index in [1.807, 2.05) is 0 Å². The van der Waals surface area contributed by atoms with Gasteiger partial charge >= 0.3 is 0 Å². The third-order valence-electron chi connectivity index (χ3n) is 21.3. The fourth-order valence-electron chi connectivity index (χ4n) is 19.5. The first kappa shape index (κ1) is 22.5. The van der Waals surface area contributed by atoms with E-state index >= 15 is 0 Å². The Kier molecular flexibility index (Phi) is 2.78. The topological polar surface area (TPSA) is 0 Å². The van der Waals surface area contributed by atoms with Crippen LogP contribution in [0, 0.1) is 75.8 Å². The SMILES string of the molecule is CC12CC3(C)C(C)(C1S)C1(C)C3(C)C3(C)C4(C)C5(C)C(C)(C)C2(C)C(C)(C)C5(C)C4(C)C13C. The van der Waals surface area contributed by atoms with Crippen LogP contribution in [-0.2, 0) is 0 Å². The molecule has 0 amide bonds. The van der Waals surface area contributed by atoms with Crippen molar-refractivity contribution in [3.63, 3.8) is 0 Å². The molecule has 0 nitrogen and oxygen atoms in total. The average molecular weight is 469 g/mol. The first-order valence-electron chi connectivity index (χ1n) is 14.0. The standard InChI is InChI=1S/C32H52S/c1-19(2)24(8)20(3,4)26(10)25(19,9)29(13)30(26,14)32(16)28(12)23(7)18(33)21(24,5)17-22(23,6)27(28,11)31(29,32)15/h18,33H,17H2,1-16H3. The summed E-state index contributed by atoms with van der Waals surface area (Å²) in [7, 11) is 0. The van der Waals surface area contributed by atoms with Gasteiger partial charge in [-0.05, 0) is 82.2 Å². The van der Waals surface area contributed by atoms with Crippen molar-refractivity contribution in [3.8, 4) is 0 Å². The molecule has 13 unspecified atom stereocenters. The maximum Gasteiger partial charge on any atom is 0.0141 e. The molecule has 0 aromatic heterocycles. The number of thiol groups is 1. The summed E-state index contributed by atoms with van der Waals surface area (Å²) in [5.74, 6) is 0. The highest BCUT2D eigenvalue weighted by Crippen LogP contribution is 3.21. The first-order valence-corrected chi connectivity index (χ1v) is 14.6. The lowest BCUT2D eigenvalue weighted by Gasteiger charge is -3.14. The fraction of sp³-hybridized carbons (Fsp3) is 1.00. The van der Waals surface area contributed by atoms with E-state index in [0.29, 0.717) is 43.2 Å². The Morgan fingerprint density at radius 1 is 0.424 bits per heavy atom. The molecule has 0 aromatic carbocycles. The molecular weight excluding hydrogens is 416 g/mol. The molecule has 186 valence electrons. The highest BCUT2D eigenvalue weighted by Gasteiger charge is 3.18. The monoisotopic (exact) mass is 468 g/mol. The molecule has 13 atom stereocenters. The second-order valence-corrected chi connectivity index (χ2v) is 18.4. The Balaban J connectivity index is 1.78. The van der Waals surface area contributed by atoms with E-state index in [4.69, 9.17) is 12.6 Å². The van der Waals surface area contributed by atoms with Gasteiger partial charge in [-0.15, -0.1) is 0 Å². The largest absolute Gasteiger partial charge is 0.175 e. The molecule has 6 bridgehead atoms. The average Bonchev–Trinajstić information content (AvgIpc) is 2.93. The van der Waals surface area contributed by atoms with E-state index < -0.39 is 0 Å². The van der Waals surface area contributed by atoms with Gasteiger partial charge in [0.25, 0.3) is 0 Å². The van der Waals surface area contributed by atoms with Gasteiger partial charge in [-0.2, -0.15) is 12.6 Å². The van der Waals surface area contributed by atoms with Crippen LogP contribution in [0.25, 0.3) is 0 Å². The molecule has 33 heavy (non-hydrogen) atoms. The van der Waals surface area contributed by atoms with E-state index in [2.05, 4.69) is 111 Å². The van der Waals surface area contributed by atoms with Crippen LogP contribution in [0.5, 0.6) is 0 Å². The molecule has 8 saturated carbocycles. The zero-order valence-electron chi connectivity index (χ0n) is 24.7. The summed E-state index contributed by atoms with van der Waals surface area (Å²) in [5, 5.41) is 0.428. The van der Waals surface area contributed by atoms with Crippen molar-refractivity contribution in [2.75, 3.05) is 0 Å². The van der Waals surface area contributed by atoms with E-state index in [-0.39, 0.29) is 37.9 Å². The molecule has 8 aliphatic rings. The summed E-state index contributed by atoms with van der Waals surface area (Å²) in [5.41, 5.74) is 3.96. The third-order valence-corrected chi connectivity index (χ3v) is 22.4. The van der Waals surface area contributed by atoms with Crippen LogP contribution in [0.1, 0.15) is 117 Å². The van der Waals surface area contributed by atoms with Crippen molar-refractivity contribution in [2.24, 2.45) is 75.8 Å². The molecule has 0 radical (unpaired) electrons. The van der Waals surface area contributed by atoms with E-state index in [1.165, 1.54) is 6.42 Å². The minimum absolute atomic E-state index is 0.188. The molecule has 0 aliphatic heterocycles. The van der Waals surface area contributed by atoms with Gasteiger partial charge < -0.3 is 0 Å². The predicted octanol–water partition coefficient (Wildman–Crippen LogP) is 8.90. The van der Waals surface area contributed by atoms with Crippen molar-refractivity contribution in [2.45, 2.75) is 122 Å². The summed E-state index contributed by atoms with van der Waals surface area (Å²) >= 11 is 5.81. The van der Waals surface area contributed by atoms with E-state index in [1.54, 1.807) is 0 Å². The molecule has 0 heterocycles. The zero-order chi connectivity index (χ0) is 25.3. The van der Waals surface area contributed by atoms with Gasteiger partial charge in [-0.3, -0.25) is 0 Å². The zero-order valence-corrected chi connectivity index (χ0v) is 25.6. The van der Waals surface area contributed by atoms with Crippen LogP contribution < -0.4 is 0 Å². The quantitative estimate of drug-likeness (QED) is 0.337. The normalized spacial score (nSPS) is 81.2. The lowest BCUT2D eigenvalue weighted by Crippen LogP contribution is -3.11. The minimum atomic E-state index is 0.188. The Bertz CT molecular complexity index is 1110. The Hall–Kier alpha value is 0.350. The minimum Gasteiger partial charge on any atom is -0.175 e. The van der Waals surface area contributed by atoms with Crippen molar-refractivity contribution in [3.05, 3.63) is 0 Å². The van der Waals surface area contributed by atoms with E-state index in [9.17, 15) is 0 Å². The number of hydrogen-bond acceptors (Lipinski definition) is 1. The fourth-order valence-corrected chi connectivity index (χ4v) is 20.4. The Labute approximate surface area is 210 Å². The summed E-state index contributed by atoms with van der Waals surface area (Å²) in [4.78, 5) is 0. The molecule has 0 aromatic rings. The van der Waals surface area contributed by atoms with Gasteiger partial charge in [-0.25, -0.2) is 0 Å². The van der Waals surface area contributed by atoms with Crippen LogP contribution >= 0.6 is 12.6 Å². The van der Waals surface area contributed by atoms with Crippen molar-refractivity contribution < 1.29 is 0 Å². The highest BCUT2D eigenvalue weighted by atomic mass is 32.1. The Morgan fingerprint density at radius 3 is 1.15 bits per heavy atom. The lowest BCUT2D eigenvalue weighted by atomic mass is 8.89. The van der Waals surface area contributed by atoms with Gasteiger partial charge in [-0.1, -0.05) is 111 Å². The number of hydrogen-bond donors (Lipinski definition) is 1. The van der Waals surface area contributed by atoms with Crippen molar-refractivity contribution in [1.29, 1.82) is 0 Å². The second-order valence-electron chi connectivity index (χ2n) is 17.9. The summed E-state index contributed by atoms with van der Waals surface area (Å²) in [6.45, 7) is 44.0. The summed E-state index contributed by atoms with van der Waals surface area (Å²) < 4.78 is 0. The van der Waals surface area contributed by atoms with Gasteiger partial charge in [0.1, 0.15) is 0 Å². The molecule has 8 aliphatic carbocycles. The molecule has 0 saturated heterocycles. The van der Waals surface area contributed by atoms with Crippen molar-refractivity contribution >= 4 is 12.6 Å². The van der Waals surface area contributed by atoms with Crippen LogP contribution in [0.2, 0.25) is 0 Å². The summed E-state index contributed by atoms with van der Waals surface area (Å²) in [6, 6.07) is 0. The Morgan fingerprint density at radius 2 is 0.758 bits per heavy atom. The van der Waals surface area contributed by atoms with Gasteiger partial charge in [0, 0.05) is 5.25 Å². The molecule has 0 N–H and O–H groups in total. The van der Waals surface area contributed by atoms with Crippen LogP contribution in [0.4, 0.5) is 0 Å². The smallest absolute Gasteiger partial charge is 0.0141 e. The molecular formula is C32H52S. The lowest BCUT2D eigenvalue weighted by molar-refractivity contribution is -0.681. The molecule has 8 fully saturated rings. The summed E-state index contributed by atoms with van der Waals surface area (Å²) in [6.07, 6.45) is 1.34. The molecule has 8 rings (SSSR count). The van der Waals surface area contributed by atoms with Gasteiger partial charge in [0.2, 0.25) is 0 Å². The van der Waals surface area contributed by atoms with Gasteiger partial charge in [0.15, 0.2) is 0 Å². The number of rotatable bonds is 0. The molecule has 1 heteroatoms. The highest BCUT2D eigenvalue weighted by molar-refractivity contribution is 7.81. The van der Waals surface area contributed by atoms with Crippen LogP contribution in [0.3, 0.4) is 0 Å². The van der Waals surface area contributed by atoms with Gasteiger partial charge in [0.05, 0.1) is 0 Å².